The highest BCUT2D eigenvalue weighted by atomic mass is 15.2. The Morgan fingerprint density at radius 1 is 1.11 bits per heavy atom. The van der Waals surface area contributed by atoms with E-state index in [4.69, 9.17) is 5.73 Å². The van der Waals surface area contributed by atoms with Crippen LogP contribution >= 0.6 is 0 Å². The van der Waals surface area contributed by atoms with Gasteiger partial charge in [-0.2, -0.15) is 0 Å². The van der Waals surface area contributed by atoms with Crippen LogP contribution in [0.25, 0.3) is 11.3 Å². The summed E-state index contributed by atoms with van der Waals surface area (Å²) in [6.07, 6.45) is 0.918. The Hall–Kier alpha value is -1.94. The van der Waals surface area contributed by atoms with Crippen LogP contribution in [-0.4, -0.2) is 22.8 Å². The molecule has 4 heteroatoms. The Kier molecular flexibility index (Phi) is 4.47. The van der Waals surface area contributed by atoms with E-state index in [2.05, 4.69) is 46.7 Å². The molecule has 0 bridgehead atoms. The summed E-state index contributed by atoms with van der Waals surface area (Å²) in [6, 6.07) is 12.4. The van der Waals surface area contributed by atoms with E-state index in [0.717, 1.165) is 30.0 Å². The van der Waals surface area contributed by atoms with E-state index in [9.17, 15) is 0 Å². The van der Waals surface area contributed by atoms with Crippen LogP contribution in [0, 0.1) is 6.92 Å². The fourth-order valence-corrected chi connectivity index (χ4v) is 1.73. The number of anilines is 1. The zero-order chi connectivity index (χ0) is 13.7. The number of benzene rings is 1. The highest BCUT2D eigenvalue weighted by Gasteiger charge is 2.01. The van der Waals surface area contributed by atoms with Crippen molar-refractivity contribution in [3.05, 3.63) is 42.0 Å². The van der Waals surface area contributed by atoms with Crippen LogP contribution in [0.1, 0.15) is 18.9 Å². The van der Waals surface area contributed by atoms with Gasteiger partial charge in [-0.3, -0.25) is 0 Å². The zero-order valence-electron chi connectivity index (χ0n) is 11.4. The largest absolute Gasteiger partial charge is 0.369 e. The molecule has 3 N–H and O–H groups in total. The fourth-order valence-electron chi connectivity index (χ4n) is 1.73. The molecule has 2 aromatic rings. The number of hydrogen-bond acceptors (Lipinski definition) is 4. The van der Waals surface area contributed by atoms with Crippen molar-refractivity contribution in [1.29, 1.82) is 0 Å². The number of aryl methyl sites for hydroxylation is 1. The second kappa shape index (κ2) is 6.29. The molecule has 0 amide bonds. The van der Waals surface area contributed by atoms with Gasteiger partial charge in [0.05, 0.1) is 5.69 Å². The Bertz CT molecular complexity index is 503. The van der Waals surface area contributed by atoms with E-state index >= 15 is 0 Å². The molecule has 1 unspecified atom stereocenters. The van der Waals surface area contributed by atoms with Gasteiger partial charge in [0.1, 0.15) is 5.82 Å². The first-order chi connectivity index (χ1) is 9.15. The zero-order valence-corrected chi connectivity index (χ0v) is 11.4. The molecule has 1 atom stereocenters. The number of rotatable bonds is 5. The molecule has 0 aliphatic carbocycles. The second-order valence-corrected chi connectivity index (χ2v) is 4.86. The highest BCUT2D eigenvalue weighted by Crippen LogP contribution is 2.17. The molecule has 0 radical (unpaired) electrons. The van der Waals surface area contributed by atoms with Crippen LogP contribution in [0.5, 0.6) is 0 Å². The van der Waals surface area contributed by atoms with Gasteiger partial charge in [-0.25, -0.2) is 0 Å². The van der Waals surface area contributed by atoms with Gasteiger partial charge in [-0.15, -0.1) is 10.2 Å². The first-order valence-electron chi connectivity index (χ1n) is 6.55. The smallest absolute Gasteiger partial charge is 0.148 e. The van der Waals surface area contributed by atoms with Crippen LogP contribution in [0.2, 0.25) is 0 Å². The summed E-state index contributed by atoms with van der Waals surface area (Å²) in [5.41, 5.74) is 8.90. The van der Waals surface area contributed by atoms with Crippen molar-refractivity contribution in [3.63, 3.8) is 0 Å². The molecule has 4 nitrogen and oxygen atoms in total. The molecule has 1 aromatic carbocycles. The Morgan fingerprint density at radius 2 is 1.84 bits per heavy atom. The molecule has 1 aromatic heterocycles. The van der Waals surface area contributed by atoms with E-state index < -0.39 is 0 Å². The third-order valence-corrected chi connectivity index (χ3v) is 2.92. The van der Waals surface area contributed by atoms with E-state index in [1.165, 1.54) is 5.56 Å². The predicted molar refractivity (Wildman–Crippen MR) is 79.0 cm³/mol. The van der Waals surface area contributed by atoms with Crippen molar-refractivity contribution in [2.24, 2.45) is 5.73 Å². The number of nitrogens with one attached hydrogen (secondary N) is 1. The minimum absolute atomic E-state index is 0.201. The lowest BCUT2D eigenvalue weighted by Gasteiger charge is -2.07. The lowest BCUT2D eigenvalue weighted by molar-refractivity contribution is 0.688. The molecule has 0 saturated carbocycles. The summed E-state index contributed by atoms with van der Waals surface area (Å²) in [7, 11) is 0. The van der Waals surface area contributed by atoms with Crippen molar-refractivity contribution < 1.29 is 0 Å². The molecule has 2 rings (SSSR count). The molecule has 19 heavy (non-hydrogen) atoms. The normalized spacial score (nSPS) is 12.2. The Labute approximate surface area is 114 Å². The van der Waals surface area contributed by atoms with Gasteiger partial charge in [0.2, 0.25) is 0 Å². The lowest BCUT2D eigenvalue weighted by Crippen LogP contribution is -2.19. The third kappa shape index (κ3) is 4.03. The van der Waals surface area contributed by atoms with E-state index in [1.807, 2.05) is 19.1 Å². The summed E-state index contributed by atoms with van der Waals surface area (Å²) >= 11 is 0. The summed E-state index contributed by atoms with van der Waals surface area (Å²) < 4.78 is 0. The first kappa shape index (κ1) is 13.5. The SMILES string of the molecule is Cc1ccc(-c2ccc(NCCC(C)N)nn2)cc1. The summed E-state index contributed by atoms with van der Waals surface area (Å²) in [5, 5.41) is 11.6. The van der Waals surface area contributed by atoms with E-state index in [-0.39, 0.29) is 6.04 Å². The van der Waals surface area contributed by atoms with Gasteiger partial charge in [-0.1, -0.05) is 29.8 Å². The molecule has 0 aliphatic heterocycles. The maximum absolute atomic E-state index is 5.69. The number of aromatic nitrogens is 2. The molecule has 0 saturated heterocycles. The van der Waals surface area contributed by atoms with Crippen LogP contribution in [0.4, 0.5) is 5.82 Å². The highest BCUT2D eigenvalue weighted by molar-refractivity contribution is 5.59. The van der Waals surface area contributed by atoms with E-state index in [0.29, 0.717) is 0 Å². The predicted octanol–water partition coefficient (Wildman–Crippen LogP) is 2.60. The Morgan fingerprint density at radius 3 is 2.42 bits per heavy atom. The summed E-state index contributed by atoms with van der Waals surface area (Å²) in [5.74, 6) is 0.788. The summed E-state index contributed by atoms with van der Waals surface area (Å²) in [4.78, 5) is 0. The van der Waals surface area contributed by atoms with E-state index in [1.54, 1.807) is 0 Å². The lowest BCUT2D eigenvalue weighted by atomic mass is 10.1. The molecule has 0 spiro atoms. The van der Waals surface area contributed by atoms with Crippen molar-refractivity contribution in [2.45, 2.75) is 26.3 Å². The molecular formula is C15H20N4. The summed E-state index contributed by atoms with van der Waals surface area (Å²) in [6.45, 7) is 4.88. The molecule has 0 aliphatic rings. The molecule has 0 fully saturated rings. The average molecular weight is 256 g/mol. The van der Waals surface area contributed by atoms with Crippen molar-refractivity contribution >= 4 is 5.82 Å². The van der Waals surface area contributed by atoms with Crippen LogP contribution in [-0.2, 0) is 0 Å². The van der Waals surface area contributed by atoms with Crippen LogP contribution in [0.3, 0.4) is 0 Å². The van der Waals surface area contributed by atoms with Crippen LogP contribution in [0.15, 0.2) is 36.4 Å². The standard InChI is InChI=1S/C15H20N4/c1-11-3-5-13(6-4-11)14-7-8-15(19-18-14)17-10-9-12(2)16/h3-8,12H,9-10,16H2,1-2H3,(H,17,19). The monoisotopic (exact) mass is 256 g/mol. The number of nitrogens with two attached hydrogens (primary N) is 1. The van der Waals surface area contributed by atoms with Crippen molar-refractivity contribution in [2.75, 3.05) is 11.9 Å². The third-order valence-electron chi connectivity index (χ3n) is 2.92. The van der Waals surface area contributed by atoms with Crippen LogP contribution < -0.4 is 11.1 Å². The topological polar surface area (TPSA) is 63.8 Å². The van der Waals surface area contributed by atoms with Crippen molar-refractivity contribution in [1.82, 2.24) is 10.2 Å². The Balaban J connectivity index is 2.00. The minimum atomic E-state index is 0.201. The molecule has 1 heterocycles. The van der Waals surface area contributed by atoms with Gasteiger partial charge in [0.15, 0.2) is 0 Å². The van der Waals surface area contributed by atoms with Gasteiger partial charge in [0.25, 0.3) is 0 Å². The minimum Gasteiger partial charge on any atom is -0.369 e. The van der Waals surface area contributed by atoms with Gasteiger partial charge in [-0.05, 0) is 32.4 Å². The first-order valence-corrected chi connectivity index (χ1v) is 6.55. The number of hydrogen-bond donors (Lipinski definition) is 2. The second-order valence-electron chi connectivity index (χ2n) is 4.86. The average Bonchev–Trinajstić information content (AvgIpc) is 2.40. The van der Waals surface area contributed by atoms with Gasteiger partial charge in [0, 0.05) is 18.2 Å². The van der Waals surface area contributed by atoms with Gasteiger partial charge < -0.3 is 11.1 Å². The molecular weight excluding hydrogens is 236 g/mol. The quantitative estimate of drug-likeness (QED) is 0.863. The van der Waals surface area contributed by atoms with Gasteiger partial charge >= 0.3 is 0 Å². The fraction of sp³-hybridized carbons (Fsp3) is 0.333. The maximum Gasteiger partial charge on any atom is 0.148 e. The number of nitrogens with zero attached hydrogens (tertiary/aromatic N) is 2. The molecule has 100 valence electrons. The maximum atomic E-state index is 5.69. The van der Waals surface area contributed by atoms with Crippen molar-refractivity contribution in [3.8, 4) is 11.3 Å².